The van der Waals surface area contributed by atoms with Crippen molar-refractivity contribution in [3.05, 3.63) is 32.6 Å². The van der Waals surface area contributed by atoms with Crippen LogP contribution in [0.3, 0.4) is 0 Å². The van der Waals surface area contributed by atoms with Crippen LogP contribution in [0.2, 0.25) is 0 Å². The van der Waals surface area contributed by atoms with Gasteiger partial charge in [0.1, 0.15) is 12.2 Å². The Hall–Kier alpha value is -1.48. The van der Waals surface area contributed by atoms with E-state index in [1.165, 1.54) is 10.8 Å². The first-order chi connectivity index (χ1) is 12.2. The number of aromatic amines is 1. The fraction of sp³-hybridized carbons (Fsp3) is 0.778. The van der Waals surface area contributed by atoms with E-state index in [-0.39, 0.29) is 6.61 Å². The standard InChI is InChI=1S/C18H30N2O6/c1-6-8-12-13(21)14(25-10-18(3,4)24-5)16(26-12)20-9-11(7-2)15(22)19-17(20)23/h9,12-14,16,21H,6-8,10H2,1-5H3,(H,19,22,23). The van der Waals surface area contributed by atoms with Crippen LogP contribution in [-0.4, -0.2) is 52.3 Å². The Kier molecular flexibility index (Phi) is 6.79. The van der Waals surface area contributed by atoms with Crippen molar-refractivity contribution in [2.45, 2.75) is 77.1 Å². The van der Waals surface area contributed by atoms with Crippen molar-refractivity contribution in [1.29, 1.82) is 0 Å². The molecule has 2 N–H and O–H groups in total. The molecule has 1 fully saturated rings. The summed E-state index contributed by atoms with van der Waals surface area (Å²) in [5, 5.41) is 10.7. The fourth-order valence-corrected chi connectivity index (χ4v) is 2.97. The molecule has 26 heavy (non-hydrogen) atoms. The predicted octanol–water partition coefficient (Wildman–Crippen LogP) is 0.968. The monoisotopic (exact) mass is 370 g/mol. The molecule has 0 spiro atoms. The third-order valence-electron chi connectivity index (χ3n) is 4.76. The first kappa shape index (κ1) is 20.8. The molecule has 1 aromatic heterocycles. The number of methoxy groups -OCH3 is 1. The highest BCUT2D eigenvalue weighted by molar-refractivity contribution is 5.06. The molecule has 0 amide bonds. The largest absolute Gasteiger partial charge is 0.388 e. The van der Waals surface area contributed by atoms with Gasteiger partial charge in [0.25, 0.3) is 5.56 Å². The predicted molar refractivity (Wildman–Crippen MR) is 96.4 cm³/mol. The van der Waals surface area contributed by atoms with Crippen molar-refractivity contribution in [1.82, 2.24) is 9.55 Å². The van der Waals surface area contributed by atoms with Gasteiger partial charge in [-0.15, -0.1) is 0 Å². The maximum atomic E-state index is 12.3. The van der Waals surface area contributed by atoms with Crippen molar-refractivity contribution >= 4 is 0 Å². The zero-order valence-electron chi connectivity index (χ0n) is 16.2. The molecule has 1 saturated heterocycles. The van der Waals surface area contributed by atoms with Crippen molar-refractivity contribution < 1.29 is 19.3 Å². The zero-order chi connectivity index (χ0) is 19.5. The summed E-state index contributed by atoms with van der Waals surface area (Å²) in [5.74, 6) is 0. The van der Waals surface area contributed by atoms with Crippen LogP contribution < -0.4 is 11.2 Å². The van der Waals surface area contributed by atoms with E-state index < -0.39 is 41.4 Å². The number of H-pyrrole nitrogens is 1. The normalized spacial score (nSPS) is 26.4. The van der Waals surface area contributed by atoms with E-state index >= 15 is 0 Å². The van der Waals surface area contributed by atoms with Gasteiger partial charge in [0.05, 0.1) is 18.3 Å². The van der Waals surface area contributed by atoms with Gasteiger partial charge >= 0.3 is 5.69 Å². The molecule has 8 heteroatoms. The van der Waals surface area contributed by atoms with E-state index in [2.05, 4.69) is 4.98 Å². The van der Waals surface area contributed by atoms with Crippen molar-refractivity contribution in [2.75, 3.05) is 13.7 Å². The van der Waals surface area contributed by atoms with E-state index in [0.717, 1.165) is 6.42 Å². The second-order valence-electron chi connectivity index (χ2n) is 7.26. The molecule has 8 nitrogen and oxygen atoms in total. The Morgan fingerprint density at radius 2 is 2.04 bits per heavy atom. The molecule has 0 saturated carbocycles. The number of nitrogens with one attached hydrogen (secondary N) is 1. The molecule has 4 atom stereocenters. The van der Waals surface area contributed by atoms with Crippen LogP contribution in [-0.2, 0) is 20.6 Å². The van der Waals surface area contributed by atoms with E-state index in [0.29, 0.717) is 18.4 Å². The lowest BCUT2D eigenvalue weighted by molar-refractivity contribution is -0.120. The summed E-state index contributed by atoms with van der Waals surface area (Å²) in [6.07, 6.45) is 0.560. The van der Waals surface area contributed by atoms with Gasteiger partial charge in [0, 0.05) is 18.9 Å². The van der Waals surface area contributed by atoms with Crippen LogP contribution in [0.5, 0.6) is 0 Å². The van der Waals surface area contributed by atoms with Gasteiger partial charge < -0.3 is 19.3 Å². The van der Waals surface area contributed by atoms with Gasteiger partial charge in [-0.2, -0.15) is 0 Å². The summed E-state index contributed by atoms with van der Waals surface area (Å²) in [7, 11) is 1.59. The van der Waals surface area contributed by atoms with Gasteiger partial charge in [0.2, 0.25) is 0 Å². The molecule has 0 radical (unpaired) electrons. The van der Waals surface area contributed by atoms with Crippen LogP contribution in [0.15, 0.2) is 15.8 Å². The van der Waals surface area contributed by atoms with Crippen LogP contribution >= 0.6 is 0 Å². The second-order valence-corrected chi connectivity index (χ2v) is 7.26. The Balaban J connectivity index is 2.36. The van der Waals surface area contributed by atoms with E-state index in [4.69, 9.17) is 14.2 Å². The summed E-state index contributed by atoms with van der Waals surface area (Å²) in [6, 6.07) is 0. The van der Waals surface area contributed by atoms with Crippen molar-refractivity contribution in [2.24, 2.45) is 0 Å². The Bertz CT molecular complexity index is 710. The smallest absolute Gasteiger partial charge is 0.330 e. The SMILES string of the molecule is CCCC1OC(n2cc(CC)c(=O)[nH]c2=O)C(OCC(C)(C)OC)C1O. The summed E-state index contributed by atoms with van der Waals surface area (Å²) in [6.45, 7) is 7.79. The maximum Gasteiger partial charge on any atom is 0.330 e. The molecular weight excluding hydrogens is 340 g/mol. The molecule has 1 aliphatic rings. The highest BCUT2D eigenvalue weighted by Gasteiger charge is 2.46. The Morgan fingerprint density at radius 3 is 2.62 bits per heavy atom. The molecule has 2 heterocycles. The van der Waals surface area contributed by atoms with Crippen LogP contribution in [0, 0.1) is 0 Å². The summed E-state index contributed by atoms with van der Waals surface area (Å²) < 4.78 is 18.5. The second kappa shape index (κ2) is 8.47. The van der Waals surface area contributed by atoms with Gasteiger partial charge in [0.15, 0.2) is 6.23 Å². The van der Waals surface area contributed by atoms with Crippen LogP contribution in [0.4, 0.5) is 0 Å². The molecule has 2 rings (SSSR count). The van der Waals surface area contributed by atoms with Crippen LogP contribution in [0.25, 0.3) is 0 Å². The Morgan fingerprint density at radius 1 is 1.35 bits per heavy atom. The summed E-state index contributed by atoms with van der Waals surface area (Å²) in [4.78, 5) is 26.5. The topological polar surface area (TPSA) is 103 Å². The minimum absolute atomic E-state index is 0.225. The molecule has 1 aromatic rings. The first-order valence-electron chi connectivity index (χ1n) is 9.08. The summed E-state index contributed by atoms with van der Waals surface area (Å²) in [5.41, 5.74) is -1.06. The highest BCUT2D eigenvalue weighted by Crippen LogP contribution is 2.33. The van der Waals surface area contributed by atoms with E-state index in [1.54, 1.807) is 7.11 Å². The number of aryl methyl sites for hydroxylation is 1. The number of rotatable bonds is 8. The number of ether oxygens (including phenoxy) is 3. The number of nitrogens with zero attached hydrogens (tertiary/aromatic N) is 1. The molecule has 148 valence electrons. The van der Waals surface area contributed by atoms with Gasteiger partial charge in [-0.1, -0.05) is 20.3 Å². The average Bonchev–Trinajstić information content (AvgIpc) is 2.90. The first-order valence-corrected chi connectivity index (χ1v) is 9.08. The van der Waals surface area contributed by atoms with Gasteiger partial charge in [-0.25, -0.2) is 4.79 Å². The minimum atomic E-state index is -0.878. The minimum Gasteiger partial charge on any atom is -0.388 e. The fourth-order valence-electron chi connectivity index (χ4n) is 2.97. The molecule has 0 bridgehead atoms. The molecule has 1 aliphatic heterocycles. The quantitative estimate of drug-likeness (QED) is 0.707. The molecule has 4 unspecified atom stereocenters. The highest BCUT2D eigenvalue weighted by atomic mass is 16.6. The maximum absolute atomic E-state index is 12.3. The van der Waals surface area contributed by atoms with Crippen LogP contribution in [0.1, 0.15) is 52.3 Å². The molecule has 0 aromatic carbocycles. The number of hydrogen-bond donors (Lipinski definition) is 2. The third-order valence-corrected chi connectivity index (χ3v) is 4.76. The average molecular weight is 370 g/mol. The van der Waals surface area contributed by atoms with Gasteiger partial charge in [-0.05, 0) is 26.7 Å². The number of aliphatic hydroxyl groups is 1. The molecule has 0 aliphatic carbocycles. The van der Waals surface area contributed by atoms with E-state index in [1.807, 2.05) is 27.7 Å². The van der Waals surface area contributed by atoms with Crippen molar-refractivity contribution in [3.8, 4) is 0 Å². The molecular formula is C18H30N2O6. The lowest BCUT2D eigenvalue weighted by Crippen LogP contribution is -2.42. The number of aromatic nitrogens is 2. The van der Waals surface area contributed by atoms with Gasteiger partial charge in [-0.3, -0.25) is 14.3 Å². The van der Waals surface area contributed by atoms with E-state index in [9.17, 15) is 14.7 Å². The third kappa shape index (κ3) is 4.43. The lowest BCUT2D eigenvalue weighted by atomic mass is 10.1. The summed E-state index contributed by atoms with van der Waals surface area (Å²) >= 11 is 0. The van der Waals surface area contributed by atoms with Crippen molar-refractivity contribution in [3.63, 3.8) is 0 Å². The lowest BCUT2D eigenvalue weighted by Gasteiger charge is -2.28. The number of aliphatic hydroxyl groups excluding tert-OH is 1. The zero-order valence-corrected chi connectivity index (χ0v) is 16.2. The Labute approximate surface area is 153 Å². The number of hydrogen-bond acceptors (Lipinski definition) is 6.